The molecule has 1 rings (SSSR count). The topological polar surface area (TPSA) is 40.9 Å². The number of nitriles is 1. The molecule has 84 valence electrons. The summed E-state index contributed by atoms with van der Waals surface area (Å²) in [7, 11) is 0. The summed E-state index contributed by atoms with van der Waals surface area (Å²) in [4.78, 5) is 11.9. The van der Waals surface area contributed by atoms with Gasteiger partial charge in [0.25, 0.3) is 0 Å². The van der Waals surface area contributed by atoms with E-state index in [1.807, 2.05) is 13.0 Å². The van der Waals surface area contributed by atoms with Gasteiger partial charge in [-0.15, -0.1) is 0 Å². The van der Waals surface area contributed by atoms with Gasteiger partial charge in [0.05, 0.1) is 6.07 Å². The first-order valence-electron chi connectivity index (χ1n) is 5.27. The first kappa shape index (κ1) is 12.4. The van der Waals surface area contributed by atoms with Crippen molar-refractivity contribution in [3.8, 4) is 6.07 Å². The van der Waals surface area contributed by atoms with Crippen molar-refractivity contribution in [3.05, 3.63) is 35.1 Å². The van der Waals surface area contributed by atoms with Gasteiger partial charge in [0.15, 0.2) is 5.78 Å². The van der Waals surface area contributed by atoms with Crippen LogP contribution in [0, 0.1) is 30.0 Å². The molecular weight excluding hydrogens is 205 g/mol. The van der Waals surface area contributed by atoms with Gasteiger partial charge in [-0.1, -0.05) is 19.1 Å². The summed E-state index contributed by atoms with van der Waals surface area (Å²) in [5.74, 6) is -0.854. The highest BCUT2D eigenvalue weighted by Gasteiger charge is 2.18. The van der Waals surface area contributed by atoms with Crippen molar-refractivity contribution in [3.63, 3.8) is 0 Å². The third-order valence-electron chi connectivity index (χ3n) is 2.66. The standard InChI is InChI=1S/C13H14FNO/c1-3-10(6-7-15)13(16)11-5-4-9(2)12(14)8-11/h4-5,8,10H,3,6H2,1-2H3. The number of ketones is 1. The van der Waals surface area contributed by atoms with E-state index >= 15 is 0 Å². The van der Waals surface area contributed by atoms with Crippen LogP contribution in [-0.4, -0.2) is 5.78 Å². The van der Waals surface area contributed by atoms with Crippen LogP contribution in [0.15, 0.2) is 18.2 Å². The first-order chi connectivity index (χ1) is 7.60. The molecule has 0 spiro atoms. The third-order valence-corrected chi connectivity index (χ3v) is 2.66. The molecule has 2 nitrogen and oxygen atoms in total. The Labute approximate surface area is 94.7 Å². The van der Waals surface area contributed by atoms with E-state index in [0.29, 0.717) is 17.5 Å². The smallest absolute Gasteiger partial charge is 0.167 e. The number of hydrogen-bond donors (Lipinski definition) is 0. The van der Waals surface area contributed by atoms with Gasteiger partial charge in [-0.2, -0.15) is 5.26 Å². The minimum Gasteiger partial charge on any atom is -0.294 e. The Hall–Kier alpha value is -1.69. The van der Waals surface area contributed by atoms with Gasteiger partial charge < -0.3 is 0 Å². The van der Waals surface area contributed by atoms with Crippen LogP contribution in [0.5, 0.6) is 0 Å². The van der Waals surface area contributed by atoms with Crippen molar-refractivity contribution in [2.45, 2.75) is 26.7 Å². The normalized spacial score (nSPS) is 11.9. The van der Waals surface area contributed by atoms with Crippen LogP contribution in [0.1, 0.15) is 35.7 Å². The third kappa shape index (κ3) is 2.66. The predicted molar refractivity (Wildman–Crippen MR) is 59.5 cm³/mol. The second-order valence-corrected chi connectivity index (χ2v) is 3.80. The summed E-state index contributed by atoms with van der Waals surface area (Å²) in [6.45, 7) is 3.50. The second kappa shape index (κ2) is 5.41. The fourth-order valence-corrected chi connectivity index (χ4v) is 1.51. The van der Waals surface area contributed by atoms with Crippen molar-refractivity contribution >= 4 is 5.78 Å². The minimum atomic E-state index is -0.377. The van der Waals surface area contributed by atoms with Crippen LogP contribution in [0.4, 0.5) is 4.39 Å². The average molecular weight is 219 g/mol. The summed E-state index contributed by atoms with van der Waals surface area (Å²) in [6, 6.07) is 6.43. The zero-order valence-corrected chi connectivity index (χ0v) is 9.46. The van der Waals surface area contributed by atoms with E-state index in [-0.39, 0.29) is 23.9 Å². The first-order valence-corrected chi connectivity index (χ1v) is 5.27. The maximum absolute atomic E-state index is 13.3. The van der Waals surface area contributed by atoms with Crippen molar-refractivity contribution in [2.75, 3.05) is 0 Å². The summed E-state index contributed by atoms with van der Waals surface area (Å²) < 4.78 is 13.3. The molecule has 1 aromatic rings. The molecule has 0 saturated carbocycles. The lowest BCUT2D eigenvalue weighted by Crippen LogP contribution is -2.13. The Balaban J connectivity index is 2.95. The molecule has 0 radical (unpaired) electrons. The number of aryl methyl sites for hydroxylation is 1. The van der Waals surface area contributed by atoms with Crippen molar-refractivity contribution in [2.24, 2.45) is 5.92 Å². The van der Waals surface area contributed by atoms with E-state index < -0.39 is 0 Å². The second-order valence-electron chi connectivity index (χ2n) is 3.80. The molecule has 0 amide bonds. The van der Waals surface area contributed by atoms with Crippen LogP contribution in [0.3, 0.4) is 0 Å². The Morgan fingerprint density at radius 3 is 2.75 bits per heavy atom. The summed E-state index contributed by atoms with van der Waals surface area (Å²) in [6.07, 6.45) is 0.784. The Morgan fingerprint density at radius 2 is 2.25 bits per heavy atom. The van der Waals surface area contributed by atoms with Crippen LogP contribution < -0.4 is 0 Å². The number of benzene rings is 1. The highest BCUT2D eigenvalue weighted by Crippen LogP contribution is 2.17. The molecule has 1 aromatic carbocycles. The lowest BCUT2D eigenvalue weighted by Gasteiger charge is -2.10. The highest BCUT2D eigenvalue weighted by atomic mass is 19.1. The number of nitrogens with zero attached hydrogens (tertiary/aromatic N) is 1. The Kier molecular flexibility index (Phi) is 4.19. The van der Waals surface area contributed by atoms with Gasteiger partial charge in [0.2, 0.25) is 0 Å². The van der Waals surface area contributed by atoms with E-state index in [0.717, 1.165) is 0 Å². The molecule has 16 heavy (non-hydrogen) atoms. The molecule has 0 bridgehead atoms. The highest BCUT2D eigenvalue weighted by molar-refractivity contribution is 5.98. The van der Waals surface area contributed by atoms with E-state index in [2.05, 4.69) is 0 Å². The molecule has 0 aliphatic rings. The monoisotopic (exact) mass is 219 g/mol. The fraction of sp³-hybridized carbons (Fsp3) is 0.385. The van der Waals surface area contributed by atoms with Crippen LogP contribution >= 0.6 is 0 Å². The minimum absolute atomic E-state index is 0.150. The molecule has 0 heterocycles. The number of halogens is 1. The molecule has 0 aromatic heterocycles. The molecule has 3 heteroatoms. The molecule has 0 N–H and O–H groups in total. The average Bonchev–Trinajstić information content (AvgIpc) is 2.28. The number of hydrogen-bond acceptors (Lipinski definition) is 2. The van der Waals surface area contributed by atoms with Gasteiger partial charge in [0, 0.05) is 17.9 Å². The van der Waals surface area contributed by atoms with E-state index in [4.69, 9.17) is 5.26 Å². The Bertz CT molecular complexity index is 434. The number of rotatable bonds is 4. The maximum Gasteiger partial charge on any atom is 0.167 e. The lowest BCUT2D eigenvalue weighted by atomic mass is 9.92. The molecule has 1 unspecified atom stereocenters. The maximum atomic E-state index is 13.3. The van der Waals surface area contributed by atoms with Crippen LogP contribution in [0.25, 0.3) is 0 Å². The van der Waals surface area contributed by atoms with Crippen LogP contribution in [-0.2, 0) is 0 Å². The van der Waals surface area contributed by atoms with Gasteiger partial charge in [-0.3, -0.25) is 4.79 Å². The van der Waals surface area contributed by atoms with E-state index in [1.165, 1.54) is 6.07 Å². The molecule has 0 aliphatic carbocycles. The van der Waals surface area contributed by atoms with E-state index in [9.17, 15) is 9.18 Å². The van der Waals surface area contributed by atoms with Crippen molar-refractivity contribution < 1.29 is 9.18 Å². The van der Waals surface area contributed by atoms with Gasteiger partial charge in [0.1, 0.15) is 5.82 Å². The lowest BCUT2D eigenvalue weighted by molar-refractivity contribution is 0.0918. The largest absolute Gasteiger partial charge is 0.294 e. The SMILES string of the molecule is CCC(CC#N)C(=O)c1ccc(C)c(F)c1. The molecule has 0 fully saturated rings. The fourth-order valence-electron chi connectivity index (χ4n) is 1.51. The van der Waals surface area contributed by atoms with Gasteiger partial charge in [-0.05, 0) is 25.0 Å². The van der Waals surface area contributed by atoms with E-state index in [1.54, 1.807) is 19.1 Å². The predicted octanol–water partition coefficient (Wildman–Crippen LogP) is 3.26. The quantitative estimate of drug-likeness (QED) is 0.729. The molecule has 1 atom stereocenters. The number of carbonyl (C=O) groups excluding carboxylic acids is 1. The zero-order valence-electron chi connectivity index (χ0n) is 9.46. The Morgan fingerprint density at radius 1 is 1.56 bits per heavy atom. The summed E-state index contributed by atoms with van der Waals surface area (Å²) >= 11 is 0. The summed E-state index contributed by atoms with van der Waals surface area (Å²) in [5.41, 5.74) is 0.870. The summed E-state index contributed by atoms with van der Waals surface area (Å²) in [5, 5.41) is 8.59. The van der Waals surface area contributed by atoms with Crippen LogP contribution in [0.2, 0.25) is 0 Å². The number of carbonyl (C=O) groups is 1. The zero-order chi connectivity index (χ0) is 12.1. The van der Waals surface area contributed by atoms with Gasteiger partial charge >= 0.3 is 0 Å². The van der Waals surface area contributed by atoms with Crippen molar-refractivity contribution in [1.29, 1.82) is 5.26 Å². The van der Waals surface area contributed by atoms with Crippen molar-refractivity contribution in [1.82, 2.24) is 0 Å². The molecular formula is C13H14FNO. The molecule has 0 aliphatic heterocycles. The number of Topliss-reactive ketones (excluding diaryl/α,β-unsaturated/α-hetero) is 1. The molecule has 0 saturated heterocycles. The van der Waals surface area contributed by atoms with Gasteiger partial charge in [-0.25, -0.2) is 4.39 Å².